The van der Waals surface area contributed by atoms with E-state index in [0.29, 0.717) is 10.3 Å². The Morgan fingerprint density at radius 2 is 2.12 bits per heavy atom. The second-order valence-corrected chi connectivity index (χ2v) is 5.09. The van der Waals surface area contributed by atoms with E-state index < -0.39 is 4.92 Å². The number of halogens is 1. The highest BCUT2D eigenvalue weighted by atomic mass is 79.9. The van der Waals surface area contributed by atoms with Crippen LogP contribution in [-0.2, 0) is 0 Å². The first-order valence-corrected chi connectivity index (χ1v) is 6.29. The van der Waals surface area contributed by atoms with Gasteiger partial charge in [0.25, 0.3) is 0 Å². The quantitative estimate of drug-likeness (QED) is 0.664. The number of pyridine rings is 1. The number of rotatable bonds is 5. The monoisotopic (exact) mass is 301 g/mol. The number of anilines is 1. The molecule has 1 rings (SSSR count). The Labute approximate surface area is 109 Å². The van der Waals surface area contributed by atoms with Gasteiger partial charge in [0, 0.05) is 22.3 Å². The minimum Gasteiger partial charge on any atom is -0.359 e. The first kappa shape index (κ1) is 13.9. The van der Waals surface area contributed by atoms with Crippen LogP contribution in [0.3, 0.4) is 0 Å². The van der Waals surface area contributed by atoms with Gasteiger partial charge in [-0.25, -0.2) is 4.98 Å². The Morgan fingerprint density at radius 3 is 2.59 bits per heavy atom. The smallest absolute Gasteiger partial charge is 0.312 e. The van der Waals surface area contributed by atoms with E-state index in [1.807, 2.05) is 20.8 Å². The SMILES string of the molecule is CCC(C)(CC)Nc1ncc(Br)cc1[N+](=O)[O-]. The van der Waals surface area contributed by atoms with Crippen molar-refractivity contribution < 1.29 is 4.92 Å². The minimum atomic E-state index is -0.425. The Bertz CT molecular complexity index is 419. The molecule has 6 heteroatoms. The molecule has 1 aromatic rings. The molecule has 0 saturated carbocycles. The second kappa shape index (κ2) is 5.44. The highest BCUT2D eigenvalue weighted by molar-refractivity contribution is 9.10. The van der Waals surface area contributed by atoms with Gasteiger partial charge in [0.2, 0.25) is 5.82 Å². The zero-order valence-electron chi connectivity index (χ0n) is 10.2. The molecule has 5 nitrogen and oxygen atoms in total. The maximum absolute atomic E-state index is 10.9. The van der Waals surface area contributed by atoms with E-state index in [1.54, 1.807) is 6.20 Å². The molecule has 0 fully saturated rings. The number of hydrogen-bond acceptors (Lipinski definition) is 4. The maximum Gasteiger partial charge on any atom is 0.312 e. The van der Waals surface area contributed by atoms with Gasteiger partial charge < -0.3 is 5.32 Å². The molecule has 0 atom stereocenters. The van der Waals surface area contributed by atoms with Crippen LogP contribution in [0.4, 0.5) is 11.5 Å². The Hall–Kier alpha value is -1.17. The number of aromatic nitrogens is 1. The lowest BCUT2D eigenvalue weighted by molar-refractivity contribution is -0.384. The van der Waals surface area contributed by atoms with Crippen LogP contribution in [-0.4, -0.2) is 15.4 Å². The lowest BCUT2D eigenvalue weighted by atomic mass is 9.95. The van der Waals surface area contributed by atoms with Crippen LogP contribution in [0.15, 0.2) is 16.7 Å². The zero-order chi connectivity index (χ0) is 13.1. The van der Waals surface area contributed by atoms with E-state index in [4.69, 9.17) is 0 Å². The number of hydrogen-bond donors (Lipinski definition) is 1. The summed E-state index contributed by atoms with van der Waals surface area (Å²) in [6.07, 6.45) is 3.30. The zero-order valence-corrected chi connectivity index (χ0v) is 11.7. The number of nitrogens with one attached hydrogen (secondary N) is 1. The van der Waals surface area contributed by atoms with Crippen LogP contribution < -0.4 is 5.32 Å². The predicted octanol–water partition coefficient (Wildman–Crippen LogP) is 3.74. The molecule has 0 bridgehead atoms. The van der Waals surface area contributed by atoms with E-state index in [2.05, 4.69) is 26.2 Å². The van der Waals surface area contributed by atoms with Crippen LogP contribution in [0.25, 0.3) is 0 Å². The molecule has 1 N–H and O–H groups in total. The fourth-order valence-electron chi connectivity index (χ4n) is 1.38. The van der Waals surface area contributed by atoms with Crippen LogP contribution in [0.5, 0.6) is 0 Å². The number of nitrogens with zero attached hydrogens (tertiary/aromatic N) is 2. The molecule has 0 unspecified atom stereocenters. The van der Waals surface area contributed by atoms with Crippen LogP contribution in [0, 0.1) is 10.1 Å². The molecule has 0 amide bonds. The predicted molar refractivity (Wildman–Crippen MR) is 71.2 cm³/mol. The van der Waals surface area contributed by atoms with Crippen LogP contribution in [0.1, 0.15) is 33.6 Å². The third-order valence-corrected chi connectivity index (χ3v) is 3.45. The summed E-state index contributed by atoms with van der Waals surface area (Å²) < 4.78 is 0.601. The molecule has 0 aliphatic carbocycles. The van der Waals surface area contributed by atoms with Gasteiger partial charge in [-0.3, -0.25) is 10.1 Å². The van der Waals surface area contributed by atoms with Crippen molar-refractivity contribution >= 4 is 27.4 Å². The Morgan fingerprint density at radius 1 is 1.53 bits per heavy atom. The van der Waals surface area contributed by atoms with Gasteiger partial charge in [0.1, 0.15) is 0 Å². The van der Waals surface area contributed by atoms with Gasteiger partial charge in [-0.15, -0.1) is 0 Å². The minimum absolute atomic E-state index is 0.00694. The van der Waals surface area contributed by atoms with E-state index in [0.717, 1.165) is 12.8 Å². The molecule has 0 aliphatic rings. The van der Waals surface area contributed by atoms with Crippen molar-refractivity contribution in [2.24, 2.45) is 0 Å². The molecule has 0 aliphatic heterocycles. The molecule has 1 aromatic heterocycles. The average molecular weight is 302 g/mol. The average Bonchev–Trinajstić information content (AvgIpc) is 2.31. The lowest BCUT2D eigenvalue weighted by Gasteiger charge is -2.28. The Kier molecular flexibility index (Phi) is 4.45. The molecule has 94 valence electrons. The summed E-state index contributed by atoms with van der Waals surface area (Å²) in [5.74, 6) is 0.324. The molecule has 0 saturated heterocycles. The van der Waals surface area contributed by atoms with Gasteiger partial charge >= 0.3 is 5.69 Å². The topological polar surface area (TPSA) is 68.1 Å². The van der Waals surface area contributed by atoms with Crippen molar-refractivity contribution in [1.82, 2.24) is 4.98 Å². The van der Waals surface area contributed by atoms with Gasteiger partial charge in [0.15, 0.2) is 0 Å². The van der Waals surface area contributed by atoms with Crippen molar-refractivity contribution in [3.63, 3.8) is 0 Å². The summed E-state index contributed by atoms with van der Waals surface area (Å²) in [5, 5.41) is 14.1. The first-order valence-electron chi connectivity index (χ1n) is 5.50. The molecule has 0 spiro atoms. The van der Waals surface area contributed by atoms with E-state index in [9.17, 15) is 10.1 Å². The fourth-order valence-corrected chi connectivity index (χ4v) is 1.70. The third-order valence-electron chi connectivity index (χ3n) is 3.01. The normalized spacial score (nSPS) is 11.3. The summed E-state index contributed by atoms with van der Waals surface area (Å²) in [4.78, 5) is 14.6. The Balaban J connectivity index is 3.10. The summed E-state index contributed by atoms with van der Waals surface area (Å²) in [6.45, 7) is 6.11. The van der Waals surface area contributed by atoms with Crippen molar-refractivity contribution in [2.45, 2.75) is 39.2 Å². The van der Waals surface area contributed by atoms with Crippen molar-refractivity contribution in [2.75, 3.05) is 5.32 Å². The molecule has 0 radical (unpaired) electrons. The van der Waals surface area contributed by atoms with Crippen LogP contribution >= 0.6 is 15.9 Å². The van der Waals surface area contributed by atoms with Crippen molar-refractivity contribution in [1.29, 1.82) is 0 Å². The molecular weight excluding hydrogens is 286 g/mol. The van der Waals surface area contributed by atoms with Gasteiger partial charge in [-0.05, 0) is 35.7 Å². The summed E-state index contributed by atoms with van der Waals surface area (Å²) in [7, 11) is 0. The molecule has 1 heterocycles. The van der Waals surface area contributed by atoms with Crippen molar-refractivity contribution in [3.8, 4) is 0 Å². The molecule has 17 heavy (non-hydrogen) atoms. The molecular formula is C11H16BrN3O2. The third kappa shape index (κ3) is 3.39. The first-order chi connectivity index (χ1) is 7.91. The van der Waals surface area contributed by atoms with Gasteiger partial charge in [-0.1, -0.05) is 13.8 Å². The highest BCUT2D eigenvalue weighted by Gasteiger charge is 2.24. The van der Waals surface area contributed by atoms with E-state index in [-0.39, 0.29) is 11.2 Å². The van der Waals surface area contributed by atoms with Crippen LogP contribution in [0.2, 0.25) is 0 Å². The van der Waals surface area contributed by atoms with Crippen molar-refractivity contribution in [3.05, 3.63) is 26.9 Å². The summed E-state index contributed by atoms with van der Waals surface area (Å²) in [5.41, 5.74) is -0.182. The number of nitro groups is 1. The largest absolute Gasteiger partial charge is 0.359 e. The van der Waals surface area contributed by atoms with Gasteiger partial charge in [-0.2, -0.15) is 0 Å². The highest BCUT2D eigenvalue weighted by Crippen LogP contribution is 2.29. The summed E-state index contributed by atoms with van der Waals surface area (Å²) in [6, 6.07) is 1.46. The summed E-state index contributed by atoms with van der Waals surface area (Å²) >= 11 is 3.18. The lowest BCUT2D eigenvalue weighted by Crippen LogP contribution is -2.33. The molecule has 0 aromatic carbocycles. The fraction of sp³-hybridized carbons (Fsp3) is 0.545. The second-order valence-electron chi connectivity index (χ2n) is 4.17. The van der Waals surface area contributed by atoms with E-state index >= 15 is 0 Å². The van der Waals surface area contributed by atoms with Gasteiger partial charge in [0.05, 0.1) is 4.92 Å². The standard InChI is InChI=1S/C11H16BrN3O2/c1-4-11(3,5-2)14-10-9(15(16)17)6-8(12)7-13-10/h6-7H,4-5H2,1-3H3,(H,13,14). The van der Waals surface area contributed by atoms with E-state index in [1.165, 1.54) is 6.07 Å². The maximum atomic E-state index is 10.9.